The van der Waals surface area contributed by atoms with Crippen LogP contribution in [-0.4, -0.2) is 4.98 Å². The quantitative estimate of drug-likeness (QED) is 0.641. The minimum Gasteiger partial charge on any atom is -0.183 e. The maximum Gasteiger partial charge on any atom is 0.387 e. The van der Waals surface area contributed by atoms with Gasteiger partial charge < -0.3 is 0 Å². The topological polar surface area (TPSA) is 17.0 Å². The summed E-state index contributed by atoms with van der Waals surface area (Å²) in [6.45, 7) is 4.29. The molecule has 0 N–H and O–H groups in total. The fraction of sp³-hybridized carbons (Fsp3) is 0.200. The number of thiazole rings is 1. The summed E-state index contributed by atoms with van der Waals surface area (Å²) in [4.78, 5) is 5.76. The first kappa shape index (κ1) is 11.4. The van der Waals surface area contributed by atoms with E-state index in [2.05, 4.69) is 58.9 Å². The van der Waals surface area contributed by atoms with E-state index >= 15 is 0 Å². The van der Waals surface area contributed by atoms with Crippen LogP contribution in [0, 0.1) is 6.92 Å². The molecule has 2 nitrogen and oxygen atoms in total. The highest BCUT2D eigenvalue weighted by Gasteiger charge is 2.18. The van der Waals surface area contributed by atoms with E-state index in [0.717, 1.165) is 17.1 Å². The predicted molar refractivity (Wildman–Crippen MR) is 74.8 cm³/mol. The molecule has 0 bridgehead atoms. The van der Waals surface area contributed by atoms with Crippen molar-refractivity contribution in [3.8, 4) is 11.3 Å². The van der Waals surface area contributed by atoms with Gasteiger partial charge in [-0.2, -0.15) is 4.40 Å². The van der Waals surface area contributed by atoms with Gasteiger partial charge in [-0.1, -0.05) is 37.3 Å². The number of fused-ring (bicyclic) bond motifs is 1. The molecule has 0 radical (unpaired) electrons. The molecule has 0 fully saturated rings. The molecule has 0 aliphatic rings. The van der Waals surface area contributed by atoms with Crippen LogP contribution in [0.1, 0.15) is 18.3 Å². The lowest BCUT2D eigenvalue weighted by atomic mass is 10.2. The molecule has 3 heteroatoms. The molecule has 0 saturated carbocycles. The van der Waals surface area contributed by atoms with Crippen LogP contribution in [-0.2, 0) is 6.42 Å². The lowest BCUT2D eigenvalue weighted by Crippen LogP contribution is -2.27. The summed E-state index contributed by atoms with van der Waals surface area (Å²) < 4.78 is 2.24. The fourth-order valence-corrected chi connectivity index (χ4v) is 3.16. The summed E-state index contributed by atoms with van der Waals surface area (Å²) in [5, 5.41) is 2.18. The van der Waals surface area contributed by atoms with Crippen molar-refractivity contribution in [3.63, 3.8) is 0 Å². The summed E-state index contributed by atoms with van der Waals surface area (Å²) in [7, 11) is 0. The Labute approximate surface area is 111 Å². The average molecular weight is 255 g/mol. The van der Waals surface area contributed by atoms with Crippen LogP contribution >= 0.6 is 11.3 Å². The molecule has 3 rings (SSSR count). The van der Waals surface area contributed by atoms with Gasteiger partial charge in [-0.3, -0.25) is 0 Å². The number of rotatable bonds is 2. The van der Waals surface area contributed by atoms with Crippen molar-refractivity contribution in [2.45, 2.75) is 20.3 Å². The summed E-state index contributed by atoms with van der Waals surface area (Å²) in [6.07, 6.45) is 0.982. The van der Waals surface area contributed by atoms with Crippen molar-refractivity contribution in [2.75, 3.05) is 0 Å². The van der Waals surface area contributed by atoms with Crippen molar-refractivity contribution in [2.24, 2.45) is 0 Å². The minimum atomic E-state index is 0.982. The van der Waals surface area contributed by atoms with Crippen LogP contribution in [0.5, 0.6) is 0 Å². The van der Waals surface area contributed by atoms with Gasteiger partial charge in [0.1, 0.15) is 5.69 Å². The van der Waals surface area contributed by atoms with Crippen LogP contribution in [0.3, 0.4) is 0 Å². The third kappa shape index (κ3) is 1.81. The Morgan fingerprint density at radius 2 is 2.00 bits per heavy atom. The average Bonchev–Trinajstić information content (AvgIpc) is 2.84. The predicted octanol–water partition coefficient (Wildman–Crippen LogP) is 3.42. The van der Waals surface area contributed by atoms with Gasteiger partial charge >= 0.3 is 4.96 Å². The molecule has 0 spiro atoms. The van der Waals surface area contributed by atoms with Crippen molar-refractivity contribution in [3.05, 3.63) is 53.2 Å². The highest BCUT2D eigenvalue weighted by Crippen LogP contribution is 2.20. The third-order valence-electron chi connectivity index (χ3n) is 3.11. The second-order valence-electron chi connectivity index (χ2n) is 4.35. The van der Waals surface area contributed by atoms with Gasteiger partial charge in [0.05, 0.1) is 0 Å². The Hall–Kier alpha value is -1.74. The van der Waals surface area contributed by atoms with Crippen LogP contribution in [0.25, 0.3) is 16.2 Å². The maximum atomic E-state index is 4.68. The minimum absolute atomic E-state index is 0.982. The van der Waals surface area contributed by atoms with Gasteiger partial charge in [-0.25, -0.2) is 0 Å². The first-order chi connectivity index (χ1) is 8.79. The molecular formula is C15H15N2S+. The largest absolute Gasteiger partial charge is 0.387 e. The number of aromatic nitrogens is 2. The first-order valence-electron chi connectivity index (χ1n) is 6.15. The molecule has 1 aromatic carbocycles. The van der Waals surface area contributed by atoms with Crippen molar-refractivity contribution in [1.29, 1.82) is 0 Å². The van der Waals surface area contributed by atoms with Crippen LogP contribution in [0.15, 0.2) is 41.8 Å². The SMILES string of the molecule is CCc1cc(C)[n+]2c(-c3ccccc3)csc2n1. The number of hydrogen-bond acceptors (Lipinski definition) is 2. The van der Waals surface area contributed by atoms with E-state index in [-0.39, 0.29) is 0 Å². The van der Waals surface area contributed by atoms with E-state index < -0.39 is 0 Å². The molecule has 90 valence electrons. The van der Waals surface area contributed by atoms with E-state index in [4.69, 9.17) is 0 Å². The molecule has 0 aliphatic heterocycles. The summed E-state index contributed by atoms with van der Waals surface area (Å²) >= 11 is 1.70. The van der Waals surface area contributed by atoms with Crippen LogP contribution in [0.4, 0.5) is 0 Å². The number of nitrogens with zero attached hydrogens (tertiary/aromatic N) is 2. The van der Waals surface area contributed by atoms with Crippen LogP contribution < -0.4 is 4.40 Å². The van der Waals surface area contributed by atoms with Crippen molar-refractivity contribution < 1.29 is 4.40 Å². The molecule has 0 saturated heterocycles. The smallest absolute Gasteiger partial charge is 0.183 e. The Kier molecular flexibility index (Phi) is 2.84. The molecule has 0 atom stereocenters. The van der Waals surface area contributed by atoms with E-state index in [1.54, 1.807) is 11.3 Å². The van der Waals surface area contributed by atoms with E-state index in [0.29, 0.717) is 0 Å². The molecule has 0 unspecified atom stereocenters. The second-order valence-corrected chi connectivity index (χ2v) is 5.18. The second kappa shape index (κ2) is 4.50. The molecular weight excluding hydrogens is 240 g/mol. The van der Waals surface area contributed by atoms with Crippen molar-refractivity contribution in [1.82, 2.24) is 4.98 Å². The highest BCUT2D eigenvalue weighted by atomic mass is 32.1. The highest BCUT2D eigenvalue weighted by molar-refractivity contribution is 7.14. The number of hydrogen-bond donors (Lipinski definition) is 0. The van der Waals surface area contributed by atoms with Gasteiger partial charge in [-0.05, 0) is 23.2 Å². The third-order valence-corrected chi connectivity index (χ3v) is 3.93. The summed E-state index contributed by atoms with van der Waals surface area (Å²) in [5.74, 6) is 0. The zero-order valence-electron chi connectivity index (χ0n) is 10.6. The van der Waals surface area contributed by atoms with Gasteiger partial charge in [0.15, 0.2) is 11.4 Å². The molecule has 2 heterocycles. The molecule has 3 aromatic rings. The number of benzene rings is 1. The zero-order valence-corrected chi connectivity index (χ0v) is 11.4. The maximum absolute atomic E-state index is 4.68. The molecule has 0 amide bonds. The Bertz CT molecular complexity index is 686. The Morgan fingerprint density at radius 3 is 2.72 bits per heavy atom. The first-order valence-corrected chi connectivity index (χ1v) is 7.02. The van der Waals surface area contributed by atoms with Gasteiger partial charge in [0.25, 0.3) is 0 Å². The molecule has 2 aromatic heterocycles. The zero-order chi connectivity index (χ0) is 12.5. The monoisotopic (exact) mass is 255 g/mol. The van der Waals surface area contributed by atoms with Gasteiger partial charge in [-0.15, -0.1) is 0 Å². The normalized spacial score (nSPS) is 11.0. The van der Waals surface area contributed by atoms with Gasteiger partial charge in [0.2, 0.25) is 0 Å². The Morgan fingerprint density at radius 1 is 1.22 bits per heavy atom. The van der Waals surface area contributed by atoms with Crippen LogP contribution in [0.2, 0.25) is 0 Å². The Balaban J connectivity index is 2.27. The van der Waals surface area contributed by atoms with E-state index in [1.807, 2.05) is 6.07 Å². The molecule has 0 aliphatic carbocycles. The van der Waals surface area contributed by atoms with E-state index in [1.165, 1.54) is 17.0 Å². The number of aryl methyl sites for hydroxylation is 2. The van der Waals surface area contributed by atoms with E-state index in [9.17, 15) is 0 Å². The molecule has 18 heavy (non-hydrogen) atoms. The van der Waals surface area contributed by atoms with Crippen molar-refractivity contribution >= 4 is 16.3 Å². The lowest BCUT2D eigenvalue weighted by Gasteiger charge is -1.99. The fourth-order valence-electron chi connectivity index (χ4n) is 2.18. The standard InChI is InChI=1S/C15H15N2S/c1-3-13-9-11(2)17-14(10-18-15(17)16-13)12-7-5-4-6-8-12/h4-10H,3H2,1-2H3/q+1. The summed E-state index contributed by atoms with van der Waals surface area (Å²) in [6, 6.07) is 12.6. The summed E-state index contributed by atoms with van der Waals surface area (Å²) in [5.41, 5.74) is 4.87. The lowest BCUT2D eigenvalue weighted by molar-refractivity contribution is -0.505. The van der Waals surface area contributed by atoms with Gasteiger partial charge in [0, 0.05) is 23.4 Å².